The number of likely N-dealkylation sites (tertiary alicyclic amines) is 1. The van der Waals surface area contributed by atoms with E-state index in [0.29, 0.717) is 6.04 Å². The Kier molecular flexibility index (Phi) is 4.04. The lowest BCUT2D eigenvalue weighted by atomic mass is 10.2. The van der Waals surface area contributed by atoms with Crippen LogP contribution >= 0.6 is 0 Å². The van der Waals surface area contributed by atoms with Gasteiger partial charge in [0.2, 0.25) is 0 Å². The molecule has 2 heterocycles. The molecule has 5 nitrogen and oxygen atoms in total. The second-order valence-corrected chi connectivity index (χ2v) is 5.71. The van der Waals surface area contributed by atoms with Crippen LogP contribution in [-0.2, 0) is 6.54 Å². The Morgan fingerprint density at radius 3 is 2.67 bits per heavy atom. The van der Waals surface area contributed by atoms with Crippen molar-refractivity contribution in [1.82, 2.24) is 19.6 Å². The van der Waals surface area contributed by atoms with E-state index in [9.17, 15) is 5.11 Å². The fourth-order valence-corrected chi connectivity index (χ4v) is 2.48. The van der Waals surface area contributed by atoms with E-state index >= 15 is 0 Å². The summed E-state index contributed by atoms with van der Waals surface area (Å²) in [6.07, 6.45) is 3.77. The van der Waals surface area contributed by atoms with Crippen molar-refractivity contribution in [3.8, 4) is 0 Å². The summed E-state index contributed by atoms with van der Waals surface area (Å²) in [4.78, 5) is 4.39. The Bertz CT molecular complexity index is 388. The highest BCUT2D eigenvalue weighted by Crippen LogP contribution is 2.17. The maximum atomic E-state index is 10.00. The number of likely N-dealkylation sites (N-methyl/N-ethyl adjacent to an activating group) is 1. The van der Waals surface area contributed by atoms with E-state index in [0.717, 1.165) is 19.6 Å². The molecule has 0 radical (unpaired) electrons. The summed E-state index contributed by atoms with van der Waals surface area (Å²) < 4.78 is 1.98. The molecule has 0 saturated carbocycles. The highest BCUT2D eigenvalue weighted by atomic mass is 16.3. The van der Waals surface area contributed by atoms with E-state index in [-0.39, 0.29) is 12.1 Å². The van der Waals surface area contributed by atoms with E-state index in [1.54, 1.807) is 0 Å². The molecule has 1 aliphatic rings. The predicted molar refractivity (Wildman–Crippen MR) is 71.4 cm³/mol. The van der Waals surface area contributed by atoms with Crippen molar-refractivity contribution in [3.05, 3.63) is 18.0 Å². The first-order chi connectivity index (χ1) is 8.47. The van der Waals surface area contributed by atoms with Crippen molar-refractivity contribution in [1.29, 1.82) is 0 Å². The van der Waals surface area contributed by atoms with Crippen molar-refractivity contribution >= 4 is 0 Å². The number of hydrogen-bond donors (Lipinski definition) is 1. The van der Waals surface area contributed by atoms with Crippen molar-refractivity contribution in [2.24, 2.45) is 0 Å². The molecular weight excluding hydrogens is 228 g/mol. The van der Waals surface area contributed by atoms with E-state index < -0.39 is 0 Å². The van der Waals surface area contributed by atoms with Gasteiger partial charge in [-0.15, -0.1) is 0 Å². The molecule has 0 aromatic carbocycles. The second-order valence-electron chi connectivity index (χ2n) is 5.71. The molecule has 1 N–H and O–H groups in total. The largest absolute Gasteiger partial charge is 0.390 e. The van der Waals surface area contributed by atoms with E-state index in [4.69, 9.17) is 0 Å². The van der Waals surface area contributed by atoms with Gasteiger partial charge in [0.05, 0.1) is 12.3 Å². The zero-order chi connectivity index (χ0) is 13.3. The number of aliphatic hydroxyl groups excluding tert-OH is 1. The summed E-state index contributed by atoms with van der Waals surface area (Å²) in [6.45, 7) is 6.78. The minimum Gasteiger partial charge on any atom is -0.390 e. The normalized spacial score (nSPS) is 25.5. The van der Waals surface area contributed by atoms with Crippen LogP contribution in [-0.4, -0.2) is 64.0 Å². The number of aromatic nitrogens is 2. The van der Waals surface area contributed by atoms with Gasteiger partial charge < -0.3 is 10.0 Å². The third-order valence-corrected chi connectivity index (χ3v) is 3.59. The van der Waals surface area contributed by atoms with Crippen molar-refractivity contribution < 1.29 is 5.11 Å². The van der Waals surface area contributed by atoms with Gasteiger partial charge in [-0.1, -0.05) is 0 Å². The highest BCUT2D eigenvalue weighted by molar-refractivity contribution is 5.05. The maximum Gasteiger partial charge on any atom is 0.0834 e. The number of aliphatic hydroxyl groups is 1. The van der Waals surface area contributed by atoms with Gasteiger partial charge in [-0.2, -0.15) is 5.10 Å². The van der Waals surface area contributed by atoms with Crippen LogP contribution in [0, 0.1) is 0 Å². The van der Waals surface area contributed by atoms with E-state index in [2.05, 4.69) is 34.9 Å². The zero-order valence-corrected chi connectivity index (χ0v) is 11.7. The monoisotopic (exact) mass is 252 g/mol. The van der Waals surface area contributed by atoms with Crippen LogP contribution in [0.4, 0.5) is 0 Å². The standard InChI is InChI=1S/C13H24N4O/c1-10(2)17-7-11(5-14-17)6-16-8-12(15(3)4)13(18)9-16/h5,7,10,12-13,18H,6,8-9H2,1-4H3/t12-,13-/m0/s1. The Morgan fingerprint density at radius 2 is 2.17 bits per heavy atom. The minimum atomic E-state index is -0.250. The quantitative estimate of drug-likeness (QED) is 0.851. The predicted octanol–water partition coefficient (Wildman–Crippen LogP) is 0.571. The van der Waals surface area contributed by atoms with Crippen molar-refractivity contribution in [2.75, 3.05) is 27.2 Å². The maximum absolute atomic E-state index is 10.00. The first-order valence-corrected chi connectivity index (χ1v) is 6.57. The van der Waals surface area contributed by atoms with Crippen LogP contribution in [0.5, 0.6) is 0 Å². The van der Waals surface area contributed by atoms with Gasteiger partial charge in [-0.05, 0) is 27.9 Å². The summed E-state index contributed by atoms with van der Waals surface area (Å²) in [5.74, 6) is 0. The first kappa shape index (κ1) is 13.5. The van der Waals surface area contributed by atoms with Gasteiger partial charge in [0.15, 0.2) is 0 Å². The number of rotatable bonds is 4. The summed E-state index contributed by atoms with van der Waals surface area (Å²) >= 11 is 0. The zero-order valence-electron chi connectivity index (χ0n) is 11.7. The molecule has 1 saturated heterocycles. The molecule has 2 rings (SSSR count). The molecule has 2 atom stereocenters. The van der Waals surface area contributed by atoms with Crippen LogP contribution < -0.4 is 0 Å². The van der Waals surface area contributed by atoms with Gasteiger partial charge >= 0.3 is 0 Å². The molecule has 1 fully saturated rings. The molecule has 1 aromatic rings. The van der Waals surface area contributed by atoms with E-state index in [1.807, 2.05) is 25.0 Å². The molecule has 18 heavy (non-hydrogen) atoms. The third kappa shape index (κ3) is 2.91. The second kappa shape index (κ2) is 5.38. The lowest BCUT2D eigenvalue weighted by molar-refractivity contribution is 0.112. The van der Waals surface area contributed by atoms with Crippen LogP contribution in [0.2, 0.25) is 0 Å². The van der Waals surface area contributed by atoms with Crippen LogP contribution in [0.25, 0.3) is 0 Å². The molecule has 0 spiro atoms. The molecule has 1 aliphatic heterocycles. The Balaban J connectivity index is 1.94. The van der Waals surface area contributed by atoms with Crippen molar-refractivity contribution in [2.45, 2.75) is 38.6 Å². The molecular formula is C13H24N4O. The lowest BCUT2D eigenvalue weighted by Gasteiger charge is -2.21. The summed E-state index contributed by atoms with van der Waals surface area (Å²) in [5.41, 5.74) is 1.22. The van der Waals surface area contributed by atoms with Crippen molar-refractivity contribution in [3.63, 3.8) is 0 Å². The lowest BCUT2D eigenvalue weighted by Crippen LogP contribution is -2.37. The number of β-amino-alcohol motifs (C(OH)–C–C–N with tert-alkyl or cyclic N) is 1. The number of hydrogen-bond acceptors (Lipinski definition) is 4. The van der Waals surface area contributed by atoms with Crippen LogP contribution in [0.3, 0.4) is 0 Å². The third-order valence-electron chi connectivity index (χ3n) is 3.59. The SMILES string of the molecule is CC(C)n1cc(CN2C[C@H](O)[C@@H](N(C)C)C2)cn1. The Hall–Kier alpha value is -0.910. The number of nitrogens with zero attached hydrogens (tertiary/aromatic N) is 4. The van der Waals surface area contributed by atoms with Gasteiger partial charge in [-0.25, -0.2) is 0 Å². The summed E-state index contributed by atoms with van der Waals surface area (Å²) in [6, 6.07) is 0.641. The molecule has 1 aromatic heterocycles. The first-order valence-electron chi connectivity index (χ1n) is 6.57. The molecule has 0 aliphatic carbocycles. The average molecular weight is 252 g/mol. The van der Waals surface area contributed by atoms with Gasteiger partial charge in [-0.3, -0.25) is 9.58 Å². The van der Waals surface area contributed by atoms with E-state index in [1.165, 1.54) is 5.56 Å². The van der Waals surface area contributed by atoms with Crippen LogP contribution in [0.15, 0.2) is 12.4 Å². The van der Waals surface area contributed by atoms with Gasteiger partial charge in [0.25, 0.3) is 0 Å². The Morgan fingerprint density at radius 1 is 1.44 bits per heavy atom. The average Bonchev–Trinajstić information content (AvgIpc) is 2.86. The molecule has 0 unspecified atom stereocenters. The topological polar surface area (TPSA) is 44.5 Å². The van der Waals surface area contributed by atoms with Gasteiger partial charge in [0.1, 0.15) is 0 Å². The molecule has 0 bridgehead atoms. The molecule has 5 heteroatoms. The highest BCUT2D eigenvalue weighted by Gasteiger charge is 2.32. The fraction of sp³-hybridized carbons (Fsp3) is 0.769. The summed E-state index contributed by atoms with van der Waals surface area (Å²) in [5, 5.41) is 14.3. The van der Waals surface area contributed by atoms with Gasteiger partial charge in [0, 0.05) is 43.5 Å². The minimum absolute atomic E-state index is 0.241. The fourth-order valence-electron chi connectivity index (χ4n) is 2.48. The summed E-state index contributed by atoms with van der Waals surface area (Å²) in [7, 11) is 4.04. The molecule has 0 amide bonds. The van der Waals surface area contributed by atoms with Crippen LogP contribution in [0.1, 0.15) is 25.5 Å². The molecule has 102 valence electrons. The smallest absolute Gasteiger partial charge is 0.0834 e. The Labute approximate surface area is 109 Å².